The first-order valence-corrected chi connectivity index (χ1v) is 8.20. The van der Waals surface area contributed by atoms with Crippen LogP contribution in [0.1, 0.15) is 15.9 Å². The molecule has 0 saturated carbocycles. The maximum atomic E-state index is 13.2. The molecule has 1 N–H and O–H groups in total. The van der Waals surface area contributed by atoms with E-state index in [1.807, 2.05) is 18.0 Å². The van der Waals surface area contributed by atoms with E-state index in [1.165, 1.54) is 18.5 Å². The maximum Gasteiger partial charge on any atom is 0.251 e. The molecule has 0 spiro atoms. The second kappa shape index (κ2) is 8.35. The van der Waals surface area contributed by atoms with Crippen LogP contribution in [0.4, 0.5) is 4.39 Å². The highest BCUT2D eigenvalue weighted by Crippen LogP contribution is 2.15. The zero-order chi connectivity index (χ0) is 18.4. The van der Waals surface area contributed by atoms with Crippen LogP contribution >= 0.6 is 0 Å². The minimum atomic E-state index is -0.242. The SMILES string of the molecule is CN(CCNC(=O)c1ccc(-c2ncon2)cc1)Cc1cccc(F)c1. The van der Waals surface area contributed by atoms with Crippen molar-refractivity contribution in [2.75, 3.05) is 20.1 Å². The Balaban J connectivity index is 1.46. The highest BCUT2D eigenvalue weighted by molar-refractivity contribution is 5.94. The summed E-state index contributed by atoms with van der Waals surface area (Å²) in [6, 6.07) is 13.5. The molecular weight excluding hydrogens is 335 g/mol. The van der Waals surface area contributed by atoms with E-state index < -0.39 is 0 Å². The number of carbonyl (C=O) groups is 1. The van der Waals surface area contributed by atoms with Gasteiger partial charge in [-0.15, -0.1) is 0 Å². The van der Waals surface area contributed by atoms with Crippen LogP contribution in [0.2, 0.25) is 0 Å². The Labute approximate surface area is 150 Å². The zero-order valence-corrected chi connectivity index (χ0v) is 14.4. The molecule has 134 valence electrons. The van der Waals surface area contributed by atoms with Gasteiger partial charge in [-0.25, -0.2) is 4.39 Å². The molecule has 0 aliphatic heterocycles. The average molecular weight is 354 g/mol. The molecule has 0 unspecified atom stereocenters. The molecule has 6 nitrogen and oxygen atoms in total. The second-order valence-electron chi connectivity index (χ2n) is 5.96. The summed E-state index contributed by atoms with van der Waals surface area (Å²) in [4.78, 5) is 18.2. The van der Waals surface area contributed by atoms with Crippen LogP contribution in [-0.2, 0) is 6.54 Å². The monoisotopic (exact) mass is 354 g/mol. The molecule has 0 atom stereocenters. The maximum absolute atomic E-state index is 13.2. The lowest BCUT2D eigenvalue weighted by molar-refractivity contribution is 0.0949. The van der Waals surface area contributed by atoms with Crippen molar-refractivity contribution in [1.82, 2.24) is 20.4 Å². The fraction of sp³-hybridized carbons (Fsp3) is 0.211. The van der Waals surface area contributed by atoms with Crippen LogP contribution in [-0.4, -0.2) is 41.1 Å². The van der Waals surface area contributed by atoms with Gasteiger partial charge in [0.1, 0.15) is 5.82 Å². The lowest BCUT2D eigenvalue weighted by atomic mass is 10.1. The smallest absolute Gasteiger partial charge is 0.251 e. The van der Waals surface area contributed by atoms with Crippen molar-refractivity contribution < 1.29 is 13.7 Å². The van der Waals surface area contributed by atoms with Crippen molar-refractivity contribution in [3.05, 3.63) is 71.9 Å². The molecule has 1 aromatic heterocycles. The molecular formula is C19H19FN4O2. The number of nitrogens with zero attached hydrogens (tertiary/aromatic N) is 3. The van der Waals surface area contributed by atoms with Crippen LogP contribution in [0.15, 0.2) is 59.4 Å². The van der Waals surface area contributed by atoms with Gasteiger partial charge in [-0.05, 0) is 36.9 Å². The largest absolute Gasteiger partial charge is 0.351 e. The molecule has 0 saturated heterocycles. The molecule has 7 heteroatoms. The van der Waals surface area contributed by atoms with E-state index in [0.29, 0.717) is 31.0 Å². The van der Waals surface area contributed by atoms with Gasteiger partial charge in [-0.2, -0.15) is 4.98 Å². The number of amides is 1. The first-order valence-electron chi connectivity index (χ1n) is 8.20. The zero-order valence-electron chi connectivity index (χ0n) is 14.4. The molecule has 1 heterocycles. The van der Waals surface area contributed by atoms with Gasteiger partial charge in [0.2, 0.25) is 12.2 Å². The third-order valence-corrected chi connectivity index (χ3v) is 3.89. The van der Waals surface area contributed by atoms with Crippen LogP contribution in [0.25, 0.3) is 11.4 Å². The highest BCUT2D eigenvalue weighted by Gasteiger charge is 2.08. The van der Waals surface area contributed by atoms with Gasteiger partial charge in [0.05, 0.1) is 0 Å². The molecule has 1 amide bonds. The van der Waals surface area contributed by atoms with Gasteiger partial charge in [0.25, 0.3) is 5.91 Å². The van der Waals surface area contributed by atoms with Crippen molar-refractivity contribution >= 4 is 5.91 Å². The molecule has 26 heavy (non-hydrogen) atoms. The van der Waals surface area contributed by atoms with Crippen LogP contribution in [0, 0.1) is 5.82 Å². The van der Waals surface area contributed by atoms with Crippen LogP contribution < -0.4 is 5.32 Å². The molecule has 0 aliphatic rings. The first-order chi connectivity index (χ1) is 12.6. The fourth-order valence-corrected chi connectivity index (χ4v) is 2.56. The number of hydrogen-bond donors (Lipinski definition) is 1. The third kappa shape index (κ3) is 4.73. The van der Waals surface area contributed by atoms with Gasteiger partial charge in [-0.1, -0.05) is 29.4 Å². The predicted molar refractivity (Wildman–Crippen MR) is 94.8 cm³/mol. The number of carbonyl (C=O) groups excluding carboxylic acids is 1. The molecule has 2 aromatic carbocycles. The third-order valence-electron chi connectivity index (χ3n) is 3.89. The van der Waals surface area contributed by atoms with Crippen molar-refractivity contribution in [3.8, 4) is 11.4 Å². The van der Waals surface area contributed by atoms with E-state index >= 15 is 0 Å². The summed E-state index contributed by atoms with van der Waals surface area (Å²) in [6.45, 7) is 1.77. The Bertz CT molecular complexity index is 850. The van der Waals surface area contributed by atoms with E-state index in [0.717, 1.165) is 11.1 Å². The Kier molecular flexibility index (Phi) is 5.70. The summed E-state index contributed by atoms with van der Waals surface area (Å²) < 4.78 is 17.9. The Morgan fingerprint density at radius 2 is 2.04 bits per heavy atom. The normalized spacial score (nSPS) is 10.9. The molecule has 3 rings (SSSR count). The molecule has 0 aliphatic carbocycles. The van der Waals surface area contributed by atoms with Gasteiger partial charge >= 0.3 is 0 Å². The summed E-state index contributed by atoms with van der Waals surface area (Å²) >= 11 is 0. The quantitative estimate of drug-likeness (QED) is 0.706. The van der Waals surface area contributed by atoms with Gasteiger partial charge in [0, 0.05) is 30.8 Å². The number of halogens is 1. The first kappa shape index (κ1) is 17.8. The fourth-order valence-electron chi connectivity index (χ4n) is 2.56. The lowest BCUT2D eigenvalue weighted by Gasteiger charge is -2.17. The van der Waals surface area contributed by atoms with Crippen molar-refractivity contribution in [2.45, 2.75) is 6.54 Å². The standard InChI is InChI=1S/C19H19FN4O2/c1-24(12-14-3-2-4-17(20)11-14)10-9-21-19(25)16-7-5-15(6-8-16)18-22-13-26-23-18/h2-8,11,13H,9-10,12H2,1H3,(H,21,25). The Morgan fingerprint density at radius 3 is 2.73 bits per heavy atom. The van der Waals surface area contributed by atoms with Crippen molar-refractivity contribution in [2.24, 2.45) is 0 Å². The number of nitrogens with one attached hydrogen (secondary N) is 1. The van der Waals surface area contributed by atoms with E-state index in [1.54, 1.807) is 30.3 Å². The van der Waals surface area contributed by atoms with Crippen LogP contribution in [0.3, 0.4) is 0 Å². The number of hydrogen-bond acceptors (Lipinski definition) is 5. The number of likely N-dealkylation sites (N-methyl/N-ethyl adjacent to an activating group) is 1. The van der Waals surface area contributed by atoms with E-state index in [2.05, 4.69) is 15.5 Å². The molecule has 0 bridgehead atoms. The highest BCUT2D eigenvalue weighted by atomic mass is 19.1. The number of aromatic nitrogens is 2. The minimum absolute atomic E-state index is 0.149. The topological polar surface area (TPSA) is 71.3 Å². The summed E-state index contributed by atoms with van der Waals surface area (Å²) in [5, 5.41) is 6.63. The lowest BCUT2D eigenvalue weighted by Crippen LogP contribution is -2.32. The van der Waals surface area contributed by atoms with E-state index in [-0.39, 0.29) is 11.7 Å². The van der Waals surface area contributed by atoms with Crippen molar-refractivity contribution in [3.63, 3.8) is 0 Å². The summed E-state index contributed by atoms with van der Waals surface area (Å²) in [6.07, 6.45) is 1.26. The van der Waals surface area contributed by atoms with Gasteiger partial charge in [0.15, 0.2) is 0 Å². The number of benzene rings is 2. The van der Waals surface area contributed by atoms with Gasteiger partial charge < -0.3 is 14.7 Å². The van der Waals surface area contributed by atoms with E-state index in [4.69, 9.17) is 4.52 Å². The summed E-state index contributed by atoms with van der Waals surface area (Å²) in [5.41, 5.74) is 2.24. The Morgan fingerprint density at radius 1 is 1.23 bits per heavy atom. The minimum Gasteiger partial charge on any atom is -0.351 e. The average Bonchev–Trinajstić information content (AvgIpc) is 3.16. The van der Waals surface area contributed by atoms with Crippen molar-refractivity contribution in [1.29, 1.82) is 0 Å². The van der Waals surface area contributed by atoms with E-state index in [9.17, 15) is 9.18 Å². The second-order valence-corrected chi connectivity index (χ2v) is 5.96. The van der Waals surface area contributed by atoms with Crippen LogP contribution in [0.5, 0.6) is 0 Å². The summed E-state index contributed by atoms with van der Waals surface area (Å²) in [5.74, 6) is 0.0909. The molecule has 0 radical (unpaired) electrons. The summed E-state index contributed by atoms with van der Waals surface area (Å²) in [7, 11) is 1.93. The number of rotatable bonds is 7. The van der Waals surface area contributed by atoms with Gasteiger partial charge in [-0.3, -0.25) is 4.79 Å². The molecule has 3 aromatic rings. The molecule has 0 fully saturated rings. The predicted octanol–water partition coefficient (Wildman–Crippen LogP) is 2.74. The Hall–Kier alpha value is -3.06.